The number of aryl methyl sites for hydroxylation is 1. The molecule has 1 aromatic carbocycles. The Morgan fingerprint density at radius 1 is 1.22 bits per heavy atom. The summed E-state index contributed by atoms with van der Waals surface area (Å²) in [5, 5.41) is 0.541. The number of esters is 1. The Morgan fingerprint density at radius 2 is 2.00 bits per heavy atom. The quantitative estimate of drug-likeness (QED) is 0.555. The predicted octanol–water partition coefficient (Wildman–Crippen LogP) is 4.05. The van der Waals surface area contributed by atoms with E-state index in [9.17, 15) is 4.79 Å². The van der Waals surface area contributed by atoms with Crippen LogP contribution in [0.4, 0.5) is 5.00 Å². The maximum absolute atomic E-state index is 11.7. The molecule has 5 heteroatoms. The molecular formula is C18H23NO3S. The minimum atomic E-state index is -0.335. The Kier molecular flexibility index (Phi) is 7.10. The second kappa shape index (κ2) is 9.33. The number of benzene rings is 1. The molecule has 0 fully saturated rings. The summed E-state index contributed by atoms with van der Waals surface area (Å²) in [4.78, 5) is 12.8. The minimum Gasteiger partial charge on any atom is -0.462 e. The normalized spacial score (nSPS) is 10.7. The molecule has 0 radical (unpaired) electrons. The molecule has 1 heterocycles. The SMILES string of the molecule is CCOC(=O)c1cc(CCCCOCc2ccccc2)sc1N. The first-order valence-corrected chi connectivity index (χ1v) is 8.69. The van der Waals surface area contributed by atoms with Crippen LogP contribution in [0.15, 0.2) is 36.4 Å². The molecule has 0 saturated carbocycles. The summed E-state index contributed by atoms with van der Waals surface area (Å²) in [5.41, 5.74) is 7.57. The van der Waals surface area contributed by atoms with Crippen molar-refractivity contribution >= 4 is 22.3 Å². The predicted molar refractivity (Wildman–Crippen MR) is 93.7 cm³/mol. The summed E-state index contributed by atoms with van der Waals surface area (Å²) in [6.07, 6.45) is 2.90. The molecule has 124 valence electrons. The van der Waals surface area contributed by atoms with Gasteiger partial charge in [0.15, 0.2) is 0 Å². The molecule has 0 aliphatic rings. The topological polar surface area (TPSA) is 61.5 Å². The molecule has 0 unspecified atom stereocenters. The van der Waals surface area contributed by atoms with Crippen molar-refractivity contribution in [2.45, 2.75) is 32.8 Å². The summed E-state index contributed by atoms with van der Waals surface area (Å²) in [6.45, 7) is 3.54. The monoisotopic (exact) mass is 333 g/mol. The highest BCUT2D eigenvalue weighted by molar-refractivity contribution is 7.16. The van der Waals surface area contributed by atoms with Crippen LogP contribution in [0.2, 0.25) is 0 Å². The van der Waals surface area contributed by atoms with E-state index in [-0.39, 0.29) is 5.97 Å². The average Bonchev–Trinajstić information content (AvgIpc) is 2.93. The lowest BCUT2D eigenvalue weighted by Gasteiger charge is -2.03. The van der Waals surface area contributed by atoms with Gasteiger partial charge in [-0.25, -0.2) is 4.79 Å². The van der Waals surface area contributed by atoms with Crippen molar-refractivity contribution in [3.63, 3.8) is 0 Å². The summed E-state index contributed by atoms with van der Waals surface area (Å²) >= 11 is 1.47. The second-order valence-electron chi connectivity index (χ2n) is 5.21. The third kappa shape index (κ3) is 5.69. The van der Waals surface area contributed by atoms with E-state index in [1.54, 1.807) is 6.92 Å². The van der Waals surface area contributed by atoms with Crippen LogP contribution < -0.4 is 5.73 Å². The second-order valence-corrected chi connectivity index (χ2v) is 6.37. The number of ether oxygens (including phenoxy) is 2. The van der Waals surface area contributed by atoms with Crippen molar-refractivity contribution in [3.8, 4) is 0 Å². The zero-order valence-corrected chi connectivity index (χ0v) is 14.2. The fourth-order valence-electron chi connectivity index (χ4n) is 2.22. The molecule has 2 aromatic rings. The maximum Gasteiger partial charge on any atom is 0.341 e. The van der Waals surface area contributed by atoms with Gasteiger partial charge in [-0.2, -0.15) is 0 Å². The number of carbonyl (C=O) groups excluding carboxylic acids is 1. The summed E-state index contributed by atoms with van der Waals surface area (Å²) in [6, 6.07) is 12.0. The van der Waals surface area contributed by atoms with Gasteiger partial charge in [0.1, 0.15) is 5.00 Å². The first-order valence-electron chi connectivity index (χ1n) is 7.87. The molecular weight excluding hydrogens is 310 g/mol. The largest absolute Gasteiger partial charge is 0.462 e. The number of thiophene rings is 1. The summed E-state index contributed by atoms with van der Waals surface area (Å²) < 4.78 is 10.7. The highest BCUT2D eigenvalue weighted by Gasteiger charge is 2.14. The van der Waals surface area contributed by atoms with E-state index in [0.29, 0.717) is 23.8 Å². The first kappa shape index (κ1) is 17.5. The molecule has 2 rings (SSSR count). The van der Waals surface area contributed by atoms with Gasteiger partial charge in [0, 0.05) is 11.5 Å². The highest BCUT2D eigenvalue weighted by Crippen LogP contribution is 2.27. The zero-order valence-electron chi connectivity index (χ0n) is 13.4. The van der Waals surface area contributed by atoms with E-state index < -0.39 is 0 Å². The number of unbranched alkanes of at least 4 members (excludes halogenated alkanes) is 1. The Morgan fingerprint density at radius 3 is 2.74 bits per heavy atom. The number of carbonyl (C=O) groups is 1. The van der Waals surface area contributed by atoms with Crippen LogP contribution >= 0.6 is 11.3 Å². The molecule has 4 nitrogen and oxygen atoms in total. The maximum atomic E-state index is 11.7. The van der Waals surface area contributed by atoms with E-state index >= 15 is 0 Å². The van der Waals surface area contributed by atoms with Gasteiger partial charge in [0.2, 0.25) is 0 Å². The third-order valence-corrected chi connectivity index (χ3v) is 4.40. The van der Waals surface area contributed by atoms with Crippen LogP contribution in [0.25, 0.3) is 0 Å². The van der Waals surface area contributed by atoms with Gasteiger partial charge >= 0.3 is 5.97 Å². The molecule has 2 N–H and O–H groups in total. The van der Waals surface area contributed by atoms with Gasteiger partial charge in [-0.15, -0.1) is 11.3 Å². The van der Waals surface area contributed by atoms with Gasteiger partial charge in [-0.1, -0.05) is 30.3 Å². The lowest BCUT2D eigenvalue weighted by atomic mass is 10.2. The molecule has 0 bridgehead atoms. The first-order chi connectivity index (χ1) is 11.2. The Bertz CT molecular complexity index is 610. The number of nitrogen functional groups attached to an aromatic ring is 1. The van der Waals surface area contributed by atoms with Crippen molar-refractivity contribution in [1.29, 1.82) is 0 Å². The van der Waals surface area contributed by atoms with Crippen LogP contribution in [0.5, 0.6) is 0 Å². The molecule has 0 saturated heterocycles. The summed E-state index contributed by atoms with van der Waals surface area (Å²) in [7, 11) is 0. The number of rotatable bonds is 9. The van der Waals surface area contributed by atoms with E-state index in [0.717, 1.165) is 30.7 Å². The molecule has 0 atom stereocenters. The Hall–Kier alpha value is -1.85. The molecule has 1 aromatic heterocycles. The van der Waals surface area contributed by atoms with E-state index in [2.05, 4.69) is 12.1 Å². The van der Waals surface area contributed by atoms with Crippen molar-refractivity contribution in [2.75, 3.05) is 18.9 Å². The van der Waals surface area contributed by atoms with Gasteiger partial charge in [0.05, 0.1) is 18.8 Å². The van der Waals surface area contributed by atoms with E-state index in [1.165, 1.54) is 16.9 Å². The van der Waals surface area contributed by atoms with Crippen LogP contribution in [-0.2, 0) is 22.5 Å². The zero-order chi connectivity index (χ0) is 16.5. The molecule has 23 heavy (non-hydrogen) atoms. The van der Waals surface area contributed by atoms with Gasteiger partial charge < -0.3 is 15.2 Å². The number of anilines is 1. The Labute approximate surface area is 141 Å². The fourth-order valence-corrected chi connectivity index (χ4v) is 3.17. The van der Waals surface area contributed by atoms with Gasteiger partial charge in [-0.3, -0.25) is 0 Å². The van der Waals surface area contributed by atoms with Crippen LogP contribution in [0.1, 0.15) is 40.6 Å². The van der Waals surface area contributed by atoms with Gasteiger partial charge in [-0.05, 0) is 37.8 Å². The molecule has 0 aliphatic heterocycles. The molecule has 0 spiro atoms. The van der Waals surface area contributed by atoms with Crippen molar-refractivity contribution < 1.29 is 14.3 Å². The molecule has 0 aliphatic carbocycles. The van der Waals surface area contributed by atoms with Crippen LogP contribution in [0, 0.1) is 0 Å². The Balaban J connectivity index is 1.66. The van der Waals surface area contributed by atoms with Crippen molar-refractivity contribution in [1.82, 2.24) is 0 Å². The van der Waals surface area contributed by atoms with E-state index in [1.807, 2.05) is 24.3 Å². The standard InChI is InChI=1S/C18H23NO3S/c1-2-22-18(20)16-12-15(23-17(16)19)10-6-7-11-21-13-14-8-4-3-5-9-14/h3-5,8-9,12H,2,6-7,10-11,13,19H2,1H3. The van der Waals surface area contributed by atoms with Crippen molar-refractivity contribution in [2.24, 2.45) is 0 Å². The number of hydrogen-bond donors (Lipinski definition) is 1. The average molecular weight is 333 g/mol. The van der Waals surface area contributed by atoms with Gasteiger partial charge in [0.25, 0.3) is 0 Å². The third-order valence-electron chi connectivity index (χ3n) is 3.38. The van der Waals surface area contributed by atoms with Crippen LogP contribution in [0.3, 0.4) is 0 Å². The smallest absolute Gasteiger partial charge is 0.341 e. The molecule has 0 amide bonds. The van der Waals surface area contributed by atoms with Crippen LogP contribution in [-0.4, -0.2) is 19.2 Å². The minimum absolute atomic E-state index is 0.335. The lowest BCUT2D eigenvalue weighted by Crippen LogP contribution is -2.05. The number of hydrogen-bond acceptors (Lipinski definition) is 5. The van der Waals surface area contributed by atoms with Crippen molar-refractivity contribution in [3.05, 3.63) is 52.4 Å². The fraction of sp³-hybridized carbons (Fsp3) is 0.389. The number of nitrogens with two attached hydrogens (primary N) is 1. The highest BCUT2D eigenvalue weighted by atomic mass is 32.1. The summed E-state index contributed by atoms with van der Waals surface area (Å²) in [5.74, 6) is -0.335. The lowest BCUT2D eigenvalue weighted by molar-refractivity contribution is 0.0528. The van der Waals surface area contributed by atoms with E-state index in [4.69, 9.17) is 15.2 Å².